The van der Waals surface area contributed by atoms with Crippen LogP contribution in [0.4, 0.5) is 0 Å². The molecule has 0 bridgehead atoms. The van der Waals surface area contributed by atoms with Crippen LogP contribution in [0.25, 0.3) is 0 Å². The maximum absolute atomic E-state index is 9.51. The molecule has 2 rings (SSSR count). The van der Waals surface area contributed by atoms with E-state index < -0.39 is 0 Å². The third kappa shape index (κ3) is 4.84. The van der Waals surface area contributed by atoms with Crippen LogP contribution in [0.1, 0.15) is 38.2 Å². The molecule has 1 aromatic rings. The number of hydrogen-bond acceptors (Lipinski definition) is 3. The Morgan fingerprint density at radius 2 is 2.00 bits per heavy atom. The average molecular weight is 263 g/mol. The van der Waals surface area contributed by atoms with E-state index >= 15 is 0 Å². The van der Waals surface area contributed by atoms with Crippen molar-refractivity contribution in [3.63, 3.8) is 0 Å². The summed E-state index contributed by atoms with van der Waals surface area (Å²) in [6, 6.07) is 8.74. The fourth-order valence-corrected chi connectivity index (χ4v) is 2.20. The molecule has 0 spiro atoms. The average Bonchev–Trinajstić information content (AvgIpc) is 3.21. The highest BCUT2D eigenvalue weighted by Gasteiger charge is 2.31. The molecule has 2 N–H and O–H groups in total. The number of aryl methyl sites for hydroxylation is 1. The van der Waals surface area contributed by atoms with E-state index in [1.165, 1.54) is 18.4 Å². The summed E-state index contributed by atoms with van der Waals surface area (Å²) in [5.74, 6) is 0.923. The third-order valence-corrected chi connectivity index (χ3v) is 3.64. The van der Waals surface area contributed by atoms with Gasteiger partial charge in [-0.1, -0.05) is 17.7 Å². The van der Waals surface area contributed by atoms with Gasteiger partial charge in [0.25, 0.3) is 0 Å². The Bertz CT molecular complexity index is 386. The minimum absolute atomic E-state index is 0.155. The van der Waals surface area contributed by atoms with Crippen molar-refractivity contribution in [3.05, 3.63) is 29.8 Å². The number of aliphatic hydroxyl groups excluding tert-OH is 1. The lowest BCUT2D eigenvalue weighted by molar-refractivity contribution is 0.154. The van der Waals surface area contributed by atoms with Gasteiger partial charge in [-0.25, -0.2) is 0 Å². The zero-order valence-electron chi connectivity index (χ0n) is 12.0. The van der Waals surface area contributed by atoms with Crippen molar-refractivity contribution in [1.82, 2.24) is 5.32 Å². The molecular weight excluding hydrogens is 238 g/mol. The standard InChI is InChI=1S/C16H25NO2/c1-13-4-8-15(9-5-13)19-11-3-10-16(2,12-18)17-14-6-7-14/h4-5,8-9,14,17-18H,3,6-7,10-12H2,1-2H3. The van der Waals surface area contributed by atoms with Crippen molar-refractivity contribution >= 4 is 0 Å². The van der Waals surface area contributed by atoms with E-state index in [1.54, 1.807) is 0 Å². The summed E-state index contributed by atoms with van der Waals surface area (Å²) < 4.78 is 5.71. The van der Waals surface area contributed by atoms with Crippen LogP contribution < -0.4 is 10.1 Å². The van der Waals surface area contributed by atoms with E-state index in [0.29, 0.717) is 12.6 Å². The highest BCUT2D eigenvalue weighted by molar-refractivity contribution is 5.26. The van der Waals surface area contributed by atoms with Gasteiger partial charge in [-0.15, -0.1) is 0 Å². The first-order valence-electron chi connectivity index (χ1n) is 7.19. The summed E-state index contributed by atoms with van der Waals surface area (Å²) in [6.07, 6.45) is 4.38. The van der Waals surface area contributed by atoms with Crippen molar-refractivity contribution in [1.29, 1.82) is 0 Å². The number of rotatable bonds is 8. The Morgan fingerprint density at radius 3 is 2.58 bits per heavy atom. The van der Waals surface area contributed by atoms with Gasteiger partial charge in [0, 0.05) is 11.6 Å². The van der Waals surface area contributed by atoms with Gasteiger partial charge in [-0.3, -0.25) is 0 Å². The van der Waals surface area contributed by atoms with Crippen molar-refractivity contribution in [2.24, 2.45) is 0 Å². The fraction of sp³-hybridized carbons (Fsp3) is 0.625. The number of ether oxygens (including phenoxy) is 1. The Morgan fingerprint density at radius 1 is 1.32 bits per heavy atom. The van der Waals surface area contributed by atoms with Crippen LogP contribution in [0.15, 0.2) is 24.3 Å². The van der Waals surface area contributed by atoms with Crippen molar-refractivity contribution in [3.8, 4) is 5.75 Å². The van der Waals surface area contributed by atoms with Gasteiger partial charge in [-0.2, -0.15) is 0 Å². The topological polar surface area (TPSA) is 41.5 Å². The van der Waals surface area contributed by atoms with Crippen LogP contribution in [0.5, 0.6) is 5.75 Å². The van der Waals surface area contributed by atoms with E-state index in [0.717, 1.165) is 18.6 Å². The molecule has 1 saturated carbocycles. The highest BCUT2D eigenvalue weighted by Crippen LogP contribution is 2.24. The van der Waals surface area contributed by atoms with Gasteiger partial charge in [0.15, 0.2) is 0 Å². The zero-order valence-corrected chi connectivity index (χ0v) is 12.0. The molecule has 0 saturated heterocycles. The second-order valence-electron chi connectivity index (χ2n) is 5.90. The first-order chi connectivity index (χ1) is 9.11. The quantitative estimate of drug-likeness (QED) is 0.709. The van der Waals surface area contributed by atoms with Gasteiger partial charge in [0.1, 0.15) is 5.75 Å². The molecule has 19 heavy (non-hydrogen) atoms. The molecule has 0 radical (unpaired) electrons. The van der Waals surface area contributed by atoms with Crippen LogP contribution in [-0.4, -0.2) is 29.9 Å². The van der Waals surface area contributed by atoms with Crippen LogP contribution in [0, 0.1) is 6.92 Å². The van der Waals surface area contributed by atoms with Crippen molar-refractivity contribution < 1.29 is 9.84 Å². The van der Waals surface area contributed by atoms with Crippen LogP contribution in [0.2, 0.25) is 0 Å². The van der Waals surface area contributed by atoms with Crippen LogP contribution in [0.3, 0.4) is 0 Å². The Kier molecular flexibility index (Phi) is 4.83. The minimum atomic E-state index is -0.155. The molecule has 1 atom stereocenters. The molecule has 1 unspecified atom stereocenters. The number of nitrogens with one attached hydrogen (secondary N) is 1. The van der Waals surface area contributed by atoms with Gasteiger partial charge in [-0.05, 0) is 51.7 Å². The molecule has 1 aliphatic carbocycles. The second-order valence-corrected chi connectivity index (χ2v) is 5.90. The molecule has 106 valence electrons. The third-order valence-electron chi connectivity index (χ3n) is 3.64. The van der Waals surface area contributed by atoms with E-state index in [9.17, 15) is 5.11 Å². The summed E-state index contributed by atoms with van der Waals surface area (Å²) in [6.45, 7) is 5.05. The summed E-state index contributed by atoms with van der Waals surface area (Å²) in [5.41, 5.74) is 1.09. The lowest BCUT2D eigenvalue weighted by atomic mass is 9.97. The summed E-state index contributed by atoms with van der Waals surface area (Å²) in [7, 11) is 0. The summed E-state index contributed by atoms with van der Waals surface area (Å²) in [5, 5.41) is 13.0. The van der Waals surface area contributed by atoms with E-state index in [4.69, 9.17) is 4.74 Å². The van der Waals surface area contributed by atoms with E-state index in [-0.39, 0.29) is 12.1 Å². The Hall–Kier alpha value is -1.06. The second kappa shape index (κ2) is 6.40. The molecular formula is C16H25NO2. The first kappa shape index (κ1) is 14.4. The molecule has 1 aliphatic rings. The van der Waals surface area contributed by atoms with E-state index in [2.05, 4.69) is 31.3 Å². The van der Waals surface area contributed by atoms with Gasteiger partial charge in [0.2, 0.25) is 0 Å². The maximum atomic E-state index is 9.51. The monoisotopic (exact) mass is 263 g/mol. The Balaban J connectivity index is 1.68. The van der Waals surface area contributed by atoms with Gasteiger partial charge < -0.3 is 15.2 Å². The predicted octanol–water partition coefficient (Wildman–Crippen LogP) is 2.66. The zero-order chi connectivity index (χ0) is 13.7. The predicted molar refractivity (Wildman–Crippen MR) is 77.6 cm³/mol. The summed E-state index contributed by atoms with van der Waals surface area (Å²) >= 11 is 0. The van der Waals surface area contributed by atoms with Crippen molar-refractivity contribution in [2.45, 2.75) is 51.1 Å². The Labute approximate surface area is 116 Å². The van der Waals surface area contributed by atoms with Crippen LogP contribution >= 0.6 is 0 Å². The summed E-state index contributed by atoms with van der Waals surface area (Å²) in [4.78, 5) is 0. The lowest BCUT2D eigenvalue weighted by Crippen LogP contribution is -2.47. The SMILES string of the molecule is Cc1ccc(OCCCC(C)(CO)NC2CC2)cc1. The maximum Gasteiger partial charge on any atom is 0.119 e. The smallest absolute Gasteiger partial charge is 0.119 e. The minimum Gasteiger partial charge on any atom is -0.494 e. The number of benzene rings is 1. The molecule has 0 aliphatic heterocycles. The molecule has 3 heteroatoms. The molecule has 0 aromatic heterocycles. The van der Waals surface area contributed by atoms with Crippen molar-refractivity contribution in [2.75, 3.05) is 13.2 Å². The molecule has 1 aromatic carbocycles. The molecule has 0 amide bonds. The van der Waals surface area contributed by atoms with Gasteiger partial charge in [0.05, 0.1) is 13.2 Å². The largest absolute Gasteiger partial charge is 0.494 e. The van der Waals surface area contributed by atoms with E-state index in [1.807, 2.05) is 12.1 Å². The molecule has 3 nitrogen and oxygen atoms in total. The normalized spacial score (nSPS) is 18.1. The molecule has 1 fully saturated rings. The number of aliphatic hydroxyl groups is 1. The van der Waals surface area contributed by atoms with Crippen LogP contribution in [-0.2, 0) is 0 Å². The lowest BCUT2D eigenvalue weighted by Gasteiger charge is -2.29. The molecule has 0 heterocycles. The fourth-order valence-electron chi connectivity index (χ4n) is 2.20. The first-order valence-corrected chi connectivity index (χ1v) is 7.19. The number of hydrogen-bond donors (Lipinski definition) is 2. The van der Waals surface area contributed by atoms with Gasteiger partial charge >= 0.3 is 0 Å². The highest BCUT2D eigenvalue weighted by atomic mass is 16.5.